The van der Waals surface area contributed by atoms with Crippen molar-refractivity contribution < 1.29 is 32.0 Å². The number of nitrogens with one attached hydrogen (secondary N) is 1. The van der Waals surface area contributed by atoms with E-state index in [0.29, 0.717) is 43.6 Å². The zero-order chi connectivity index (χ0) is 22.9. The number of halogens is 1. The second kappa shape index (κ2) is 8.71. The molecule has 1 aromatic carbocycles. The molecule has 1 saturated heterocycles. The Balaban J connectivity index is 1.54. The average Bonchev–Trinajstić information content (AvgIpc) is 3.04. The minimum absolute atomic E-state index is 0.120. The Morgan fingerprint density at radius 1 is 1.32 bits per heavy atom. The molecule has 31 heavy (non-hydrogen) atoms. The molecular weight excluding hydrogens is 429 g/mol. The summed E-state index contributed by atoms with van der Waals surface area (Å²) in [6, 6.07) is 4.57. The highest BCUT2D eigenvalue weighted by Crippen LogP contribution is 2.36. The Morgan fingerprint density at radius 2 is 2.00 bits per heavy atom. The average molecular weight is 458 g/mol. The molecule has 9 nitrogen and oxygen atoms in total. The molecule has 1 fully saturated rings. The number of hydroxylamine groups is 2. The number of hydrogen-bond donors (Lipinski definition) is 1. The lowest BCUT2D eigenvalue weighted by molar-refractivity contribution is -0.180. The second-order valence-electron chi connectivity index (χ2n) is 8.87. The molecular formula is C20H28FN3O6S. The van der Waals surface area contributed by atoms with E-state index in [0.717, 1.165) is 6.26 Å². The second-order valence-corrected chi connectivity index (χ2v) is 10.7. The van der Waals surface area contributed by atoms with Crippen LogP contribution in [0.4, 0.5) is 9.18 Å². The third-order valence-electron chi connectivity index (χ3n) is 4.98. The smallest absolute Gasteiger partial charge is 0.427 e. The molecule has 0 saturated carbocycles. The molecule has 1 aromatic rings. The first kappa shape index (κ1) is 23.4. The maximum atomic E-state index is 14.4. The number of carbonyl (C=O) groups is 1. The lowest BCUT2D eigenvalue weighted by atomic mass is 9.86. The summed E-state index contributed by atoms with van der Waals surface area (Å²) in [5.41, 5.74) is 0.316. The van der Waals surface area contributed by atoms with E-state index in [4.69, 9.17) is 14.4 Å². The van der Waals surface area contributed by atoms with Crippen molar-refractivity contribution >= 4 is 21.9 Å². The van der Waals surface area contributed by atoms with Crippen molar-refractivity contribution in [3.63, 3.8) is 0 Å². The van der Waals surface area contributed by atoms with E-state index in [2.05, 4.69) is 9.88 Å². The van der Waals surface area contributed by atoms with Gasteiger partial charge in [0.1, 0.15) is 17.0 Å². The molecule has 1 N–H and O–H groups in total. The topological polar surface area (TPSA) is 107 Å². The van der Waals surface area contributed by atoms with Gasteiger partial charge in [0.05, 0.1) is 12.0 Å². The first-order valence-corrected chi connectivity index (χ1v) is 11.9. The van der Waals surface area contributed by atoms with Gasteiger partial charge in [-0.3, -0.25) is 0 Å². The molecule has 1 spiro atoms. The predicted octanol–water partition coefficient (Wildman–Crippen LogP) is 2.70. The van der Waals surface area contributed by atoms with E-state index in [9.17, 15) is 17.6 Å². The van der Waals surface area contributed by atoms with Crippen LogP contribution in [0.3, 0.4) is 0 Å². The van der Waals surface area contributed by atoms with Gasteiger partial charge in [0.2, 0.25) is 10.0 Å². The van der Waals surface area contributed by atoms with E-state index in [1.54, 1.807) is 31.9 Å². The minimum Gasteiger partial charge on any atom is -0.427 e. The van der Waals surface area contributed by atoms with Crippen LogP contribution in [0.15, 0.2) is 23.4 Å². The van der Waals surface area contributed by atoms with Crippen LogP contribution in [0.2, 0.25) is 0 Å². The fraction of sp³-hybridized carbons (Fsp3) is 0.600. The molecule has 2 aliphatic heterocycles. The lowest BCUT2D eigenvalue weighted by Gasteiger charge is -2.35. The summed E-state index contributed by atoms with van der Waals surface area (Å²) in [5, 5.41) is 5.71. The standard InChI is InChI=1S/C20H28FN3O6S/c1-19(2,3)28-18(25)29-24-9-7-20(8-10-24)12-17(23-30-20)14-5-6-15(16(21)11-14)13-22-31(4,26)27/h5-6,11,22H,7-10,12-13H2,1-4H3. The molecule has 11 heteroatoms. The summed E-state index contributed by atoms with van der Waals surface area (Å²) in [5.74, 6) is -0.516. The molecule has 0 aromatic heterocycles. The van der Waals surface area contributed by atoms with Crippen molar-refractivity contribution in [2.24, 2.45) is 5.16 Å². The number of ether oxygens (including phenoxy) is 1. The zero-order valence-corrected chi connectivity index (χ0v) is 18.9. The van der Waals surface area contributed by atoms with E-state index in [1.807, 2.05) is 0 Å². The summed E-state index contributed by atoms with van der Waals surface area (Å²) < 4.78 is 44.2. The van der Waals surface area contributed by atoms with Gasteiger partial charge in [0.25, 0.3) is 0 Å². The SMILES string of the molecule is CC(C)(C)OC(=O)ON1CCC2(CC1)CC(c1ccc(CNS(C)(=O)=O)c(F)c1)=NO2. The van der Waals surface area contributed by atoms with Gasteiger partial charge in [-0.2, -0.15) is 0 Å². The predicted molar refractivity (Wildman–Crippen MR) is 111 cm³/mol. The molecule has 0 aliphatic carbocycles. The van der Waals surface area contributed by atoms with Crippen LogP contribution in [0.25, 0.3) is 0 Å². The monoisotopic (exact) mass is 457 g/mol. The van der Waals surface area contributed by atoms with Crippen LogP contribution in [0, 0.1) is 5.82 Å². The number of benzene rings is 1. The van der Waals surface area contributed by atoms with Crippen molar-refractivity contribution in [3.8, 4) is 0 Å². The number of hydrogen-bond acceptors (Lipinski definition) is 8. The Morgan fingerprint density at radius 3 is 2.58 bits per heavy atom. The summed E-state index contributed by atoms with van der Waals surface area (Å²) in [7, 11) is -3.41. The molecule has 2 aliphatic rings. The Hall–Kier alpha value is -2.24. The Labute approximate surface area is 181 Å². The van der Waals surface area contributed by atoms with Crippen LogP contribution in [0.5, 0.6) is 0 Å². The van der Waals surface area contributed by atoms with Gasteiger partial charge in [0.15, 0.2) is 0 Å². The Kier molecular flexibility index (Phi) is 6.59. The first-order valence-electron chi connectivity index (χ1n) is 9.99. The third-order valence-corrected chi connectivity index (χ3v) is 5.65. The molecule has 0 bridgehead atoms. The number of nitrogens with zero attached hydrogens (tertiary/aromatic N) is 2. The highest BCUT2D eigenvalue weighted by atomic mass is 32.2. The van der Waals surface area contributed by atoms with Crippen LogP contribution < -0.4 is 4.72 Å². The van der Waals surface area contributed by atoms with E-state index in [1.165, 1.54) is 12.1 Å². The molecule has 3 rings (SSSR count). The molecule has 0 unspecified atom stereocenters. The maximum absolute atomic E-state index is 14.4. The maximum Gasteiger partial charge on any atom is 0.528 e. The number of oxime groups is 1. The highest BCUT2D eigenvalue weighted by Gasteiger charge is 2.43. The Bertz CT molecular complexity index is 966. The number of sulfonamides is 1. The molecule has 2 heterocycles. The van der Waals surface area contributed by atoms with Crippen molar-refractivity contribution in [2.75, 3.05) is 19.3 Å². The van der Waals surface area contributed by atoms with E-state index >= 15 is 0 Å². The number of piperidine rings is 1. The van der Waals surface area contributed by atoms with Crippen molar-refractivity contribution in [2.45, 2.75) is 57.8 Å². The van der Waals surface area contributed by atoms with Gasteiger partial charge in [-0.1, -0.05) is 17.3 Å². The van der Waals surface area contributed by atoms with E-state index in [-0.39, 0.29) is 12.1 Å². The van der Waals surface area contributed by atoms with Gasteiger partial charge >= 0.3 is 6.16 Å². The quantitative estimate of drug-likeness (QED) is 0.678. The normalized spacial score (nSPS) is 19.1. The largest absolute Gasteiger partial charge is 0.528 e. The highest BCUT2D eigenvalue weighted by molar-refractivity contribution is 7.88. The summed E-state index contributed by atoms with van der Waals surface area (Å²) >= 11 is 0. The van der Waals surface area contributed by atoms with Crippen LogP contribution >= 0.6 is 0 Å². The molecule has 0 atom stereocenters. The summed E-state index contributed by atoms with van der Waals surface area (Å²) in [6.45, 7) is 6.11. The van der Waals surface area contributed by atoms with Crippen molar-refractivity contribution in [3.05, 3.63) is 35.1 Å². The van der Waals surface area contributed by atoms with Crippen molar-refractivity contribution in [1.82, 2.24) is 9.79 Å². The fourth-order valence-corrected chi connectivity index (χ4v) is 3.80. The first-order chi connectivity index (χ1) is 14.3. The lowest BCUT2D eigenvalue weighted by Crippen LogP contribution is -2.45. The van der Waals surface area contributed by atoms with Gasteiger partial charge in [-0.05, 0) is 26.8 Å². The molecule has 0 radical (unpaired) electrons. The fourth-order valence-electron chi connectivity index (χ4n) is 3.38. The molecule has 0 amide bonds. The van der Waals surface area contributed by atoms with Gasteiger partial charge in [0, 0.05) is 50.0 Å². The number of rotatable bonds is 5. The van der Waals surface area contributed by atoms with Gasteiger partial charge in [-0.25, -0.2) is 22.3 Å². The van der Waals surface area contributed by atoms with Crippen LogP contribution in [0.1, 0.15) is 51.2 Å². The van der Waals surface area contributed by atoms with Crippen LogP contribution in [-0.4, -0.2) is 55.9 Å². The van der Waals surface area contributed by atoms with Gasteiger partial charge in [-0.15, -0.1) is 5.06 Å². The number of carbonyl (C=O) groups excluding carboxylic acids is 1. The zero-order valence-electron chi connectivity index (χ0n) is 18.1. The third kappa shape index (κ3) is 6.62. The minimum atomic E-state index is -3.41. The summed E-state index contributed by atoms with van der Waals surface area (Å²) in [6.07, 6.45) is 1.96. The van der Waals surface area contributed by atoms with E-state index < -0.39 is 33.2 Å². The van der Waals surface area contributed by atoms with Crippen molar-refractivity contribution in [1.29, 1.82) is 0 Å². The van der Waals surface area contributed by atoms with Crippen LogP contribution in [-0.2, 0) is 31.0 Å². The summed E-state index contributed by atoms with van der Waals surface area (Å²) in [4.78, 5) is 22.8. The van der Waals surface area contributed by atoms with Gasteiger partial charge < -0.3 is 14.4 Å². The molecule has 172 valence electrons.